The molecule has 0 unspecified atom stereocenters. The number of benzene rings is 1. The van der Waals surface area contributed by atoms with Crippen LogP contribution < -0.4 is 5.56 Å². The fourth-order valence-electron chi connectivity index (χ4n) is 3.68. The van der Waals surface area contributed by atoms with Gasteiger partial charge in [-0.05, 0) is 30.2 Å². The van der Waals surface area contributed by atoms with Crippen LogP contribution in [-0.4, -0.2) is 30.9 Å². The van der Waals surface area contributed by atoms with Gasteiger partial charge in [0.05, 0.1) is 24.6 Å². The van der Waals surface area contributed by atoms with E-state index in [4.69, 9.17) is 9.26 Å². The second-order valence-electron chi connectivity index (χ2n) is 7.19. The van der Waals surface area contributed by atoms with Gasteiger partial charge in [-0.3, -0.25) is 4.79 Å². The Labute approximate surface area is 164 Å². The lowest BCUT2D eigenvalue weighted by atomic mass is 10.00. The number of imidazole rings is 1. The van der Waals surface area contributed by atoms with Gasteiger partial charge in [0, 0.05) is 19.2 Å². The zero-order valence-electron chi connectivity index (χ0n) is 15.7. The summed E-state index contributed by atoms with van der Waals surface area (Å²) in [4.78, 5) is 21.3. The quantitative estimate of drug-likeness (QED) is 0.528. The number of halogens is 1. The van der Waals surface area contributed by atoms with E-state index in [2.05, 4.69) is 15.1 Å². The van der Waals surface area contributed by atoms with Crippen LogP contribution in [-0.2, 0) is 18.3 Å². The van der Waals surface area contributed by atoms with E-state index in [0.717, 1.165) is 5.56 Å². The van der Waals surface area contributed by atoms with Crippen molar-refractivity contribution in [2.45, 2.75) is 25.0 Å². The van der Waals surface area contributed by atoms with Gasteiger partial charge in [-0.1, -0.05) is 17.3 Å². The molecule has 2 atom stereocenters. The Bertz CT molecular complexity index is 1230. The van der Waals surface area contributed by atoms with Gasteiger partial charge in [-0.2, -0.15) is 4.98 Å². The highest BCUT2D eigenvalue weighted by atomic mass is 19.1. The zero-order chi connectivity index (χ0) is 20.0. The fourth-order valence-corrected chi connectivity index (χ4v) is 3.68. The summed E-state index contributed by atoms with van der Waals surface area (Å²) in [5, 5.41) is 4.08. The summed E-state index contributed by atoms with van der Waals surface area (Å²) in [5.74, 6) is 0.623. The van der Waals surface area contributed by atoms with Crippen LogP contribution in [0.3, 0.4) is 0 Å². The summed E-state index contributed by atoms with van der Waals surface area (Å²) in [7, 11) is 1.78. The zero-order valence-corrected chi connectivity index (χ0v) is 15.7. The van der Waals surface area contributed by atoms with Crippen LogP contribution >= 0.6 is 0 Å². The van der Waals surface area contributed by atoms with Gasteiger partial charge in [0.2, 0.25) is 5.89 Å². The predicted molar refractivity (Wildman–Crippen MR) is 101 cm³/mol. The molecule has 1 saturated heterocycles. The molecule has 1 aliphatic heterocycles. The van der Waals surface area contributed by atoms with Gasteiger partial charge in [-0.15, -0.1) is 0 Å². The molecule has 0 saturated carbocycles. The fraction of sp³-hybridized carbons (Fsp3) is 0.300. The summed E-state index contributed by atoms with van der Waals surface area (Å²) in [5.41, 5.74) is 1.94. The lowest BCUT2D eigenvalue weighted by molar-refractivity contribution is 0.110. The summed E-state index contributed by atoms with van der Waals surface area (Å²) in [6, 6.07) is 8.09. The molecular weight excluding hydrogens is 377 g/mol. The van der Waals surface area contributed by atoms with E-state index >= 15 is 0 Å². The largest absolute Gasteiger partial charge is 0.373 e. The Kier molecular flexibility index (Phi) is 4.24. The van der Waals surface area contributed by atoms with E-state index in [1.54, 1.807) is 42.3 Å². The minimum absolute atomic E-state index is 0.0150. The van der Waals surface area contributed by atoms with Crippen LogP contribution in [0.2, 0.25) is 0 Å². The van der Waals surface area contributed by atoms with E-state index < -0.39 is 0 Å². The van der Waals surface area contributed by atoms with Crippen molar-refractivity contribution in [3.05, 3.63) is 76.3 Å². The molecule has 9 heteroatoms. The number of aryl methyl sites for hydroxylation is 1. The first-order chi connectivity index (χ1) is 14.1. The minimum atomic E-state index is -0.273. The van der Waals surface area contributed by atoms with Crippen molar-refractivity contribution in [1.29, 1.82) is 0 Å². The molecule has 5 rings (SSSR count). The Morgan fingerprint density at radius 2 is 2.07 bits per heavy atom. The number of rotatable bonds is 4. The standard InChI is InChI=1S/C20H18FN5O3/c1-25-11-22-15-6-7-26(20(27)18(15)25)9-17-23-19(24-29-17)13-8-16(28-10-13)12-2-4-14(21)5-3-12/h2-7,11,13,16H,8-10H2,1H3/t13-,16+/m0/s1. The average Bonchev–Trinajstić information content (AvgIpc) is 3.45. The second kappa shape index (κ2) is 6.93. The first-order valence-electron chi connectivity index (χ1n) is 9.28. The number of hydrogen-bond donors (Lipinski definition) is 0. The number of aromatic nitrogens is 5. The van der Waals surface area contributed by atoms with Crippen molar-refractivity contribution < 1.29 is 13.7 Å². The van der Waals surface area contributed by atoms with E-state index in [1.165, 1.54) is 16.7 Å². The van der Waals surface area contributed by atoms with E-state index in [-0.39, 0.29) is 29.9 Å². The lowest BCUT2D eigenvalue weighted by Crippen LogP contribution is -2.21. The SMILES string of the molecule is Cn1cnc2ccn(Cc3nc([C@@H]4CO[C@@H](c5ccc(F)cc5)C4)no3)c(=O)c21. The lowest BCUT2D eigenvalue weighted by Gasteiger charge is -2.08. The van der Waals surface area contributed by atoms with Crippen molar-refractivity contribution in [3.8, 4) is 0 Å². The summed E-state index contributed by atoms with van der Waals surface area (Å²) in [6.45, 7) is 0.643. The number of ether oxygens (including phenoxy) is 1. The summed E-state index contributed by atoms with van der Waals surface area (Å²) >= 11 is 0. The Hall–Kier alpha value is -3.33. The molecule has 4 aromatic rings. The molecule has 148 valence electrons. The van der Waals surface area contributed by atoms with Gasteiger partial charge >= 0.3 is 0 Å². The molecule has 1 fully saturated rings. The highest BCUT2D eigenvalue weighted by Crippen LogP contribution is 2.37. The van der Waals surface area contributed by atoms with Gasteiger partial charge in [0.15, 0.2) is 5.82 Å². The molecule has 29 heavy (non-hydrogen) atoms. The second-order valence-corrected chi connectivity index (χ2v) is 7.19. The molecule has 1 aromatic carbocycles. The average molecular weight is 395 g/mol. The highest BCUT2D eigenvalue weighted by molar-refractivity contribution is 5.73. The first-order valence-corrected chi connectivity index (χ1v) is 9.28. The van der Waals surface area contributed by atoms with Gasteiger partial charge < -0.3 is 18.4 Å². The third kappa shape index (κ3) is 3.23. The molecule has 0 bridgehead atoms. The van der Waals surface area contributed by atoms with Crippen LogP contribution in [0, 0.1) is 5.82 Å². The van der Waals surface area contributed by atoms with Crippen LogP contribution in [0.4, 0.5) is 4.39 Å². The van der Waals surface area contributed by atoms with Crippen molar-refractivity contribution in [3.63, 3.8) is 0 Å². The molecule has 1 aliphatic rings. The normalized spacial score (nSPS) is 19.2. The Balaban J connectivity index is 1.32. The molecule has 0 amide bonds. The Morgan fingerprint density at radius 1 is 1.24 bits per heavy atom. The summed E-state index contributed by atoms with van der Waals surface area (Å²) in [6.07, 6.45) is 3.84. The maximum atomic E-state index is 13.1. The van der Waals surface area contributed by atoms with Crippen LogP contribution in [0.1, 0.15) is 35.7 Å². The number of nitrogens with zero attached hydrogens (tertiary/aromatic N) is 5. The van der Waals surface area contributed by atoms with Crippen molar-refractivity contribution in [2.75, 3.05) is 6.61 Å². The number of hydrogen-bond acceptors (Lipinski definition) is 6. The smallest absolute Gasteiger partial charge is 0.277 e. The maximum Gasteiger partial charge on any atom is 0.277 e. The van der Waals surface area contributed by atoms with Crippen LogP contribution in [0.5, 0.6) is 0 Å². The summed E-state index contributed by atoms with van der Waals surface area (Å²) < 4.78 is 27.5. The van der Waals surface area contributed by atoms with Gasteiger partial charge in [0.1, 0.15) is 17.9 Å². The van der Waals surface area contributed by atoms with Gasteiger partial charge in [0.25, 0.3) is 5.56 Å². The highest BCUT2D eigenvalue weighted by Gasteiger charge is 2.31. The molecular formula is C20H18FN5O3. The van der Waals surface area contributed by atoms with Crippen LogP contribution in [0.15, 0.2) is 52.2 Å². The van der Waals surface area contributed by atoms with E-state index in [9.17, 15) is 9.18 Å². The van der Waals surface area contributed by atoms with E-state index in [1.807, 2.05) is 0 Å². The molecule has 3 aromatic heterocycles. The predicted octanol–water partition coefficient (Wildman–Crippen LogP) is 2.55. The van der Waals surface area contributed by atoms with Crippen LogP contribution in [0.25, 0.3) is 11.0 Å². The van der Waals surface area contributed by atoms with Crippen molar-refractivity contribution >= 4 is 11.0 Å². The Morgan fingerprint density at radius 3 is 2.90 bits per heavy atom. The number of pyridine rings is 1. The van der Waals surface area contributed by atoms with Crippen molar-refractivity contribution in [1.82, 2.24) is 24.3 Å². The molecule has 0 spiro atoms. The third-order valence-electron chi connectivity index (χ3n) is 5.23. The molecule has 0 radical (unpaired) electrons. The van der Waals surface area contributed by atoms with E-state index in [0.29, 0.717) is 35.8 Å². The molecule has 0 aliphatic carbocycles. The number of fused-ring (bicyclic) bond motifs is 1. The first kappa shape index (κ1) is 17.7. The molecule has 8 nitrogen and oxygen atoms in total. The monoisotopic (exact) mass is 395 g/mol. The minimum Gasteiger partial charge on any atom is -0.373 e. The molecule has 4 heterocycles. The van der Waals surface area contributed by atoms with Gasteiger partial charge in [-0.25, -0.2) is 9.37 Å². The van der Waals surface area contributed by atoms with Crippen molar-refractivity contribution in [2.24, 2.45) is 7.05 Å². The third-order valence-corrected chi connectivity index (χ3v) is 5.23. The maximum absolute atomic E-state index is 13.1. The molecule has 0 N–H and O–H groups in total. The topological polar surface area (TPSA) is 88.0 Å².